The molecule has 5 nitrogen and oxygen atoms in total. The van der Waals surface area contributed by atoms with E-state index in [1.165, 1.54) is 0 Å². The second-order valence-corrected chi connectivity index (χ2v) is 3.33. The summed E-state index contributed by atoms with van der Waals surface area (Å²) < 4.78 is 0. The molecule has 80 valence electrons. The number of carbonyl (C=O) groups excluding carboxylic acids is 2. The van der Waals surface area contributed by atoms with E-state index in [1.807, 2.05) is 14.0 Å². The Morgan fingerprint density at radius 3 is 2.36 bits per heavy atom. The van der Waals surface area contributed by atoms with Crippen LogP contribution in [0.3, 0.4) is 0 Å². The Kier molecular flexibility index (Phi) is 3.88. The molecule has 2 amide bonds. The van der Waals surface area contributed by atoms with Crippen LogP contribution in [0.15, 0.2) is 0 Å². The van der Waals surface area contributed by atoms with Crippen molar-refractivity contribution in [1.29, 1.82) is 0 Å². The van der Waals surface area contributed by atoms with Crippen molar-refractivity contribution in [2.75, 3.05) is 39.8 Å². The number of rotatable bonds is 4. The smallest absolute Gasteiger partial charge is 0.242 e. The number of piperazine rings is 1. The van der Waals surface area contributed by atoms with Gasteiger partial charge in [0.15, 0.2) is 0 Å². The monoisotopic (exact) mass is 199 g/mol. The van der Waals surface area contributed by atoms with E-state index in [2.05, 4.69) is 5.32 Å². The maximum Gasteiger partial charge on any atom is 0.242 e. The molecule has 1 heterocycles. The second kappa shape index (κ2) is 4.95. The van der Waals surface area contributed by atoms with Crippen molar-refractivity contribution < 1.29 is 9.59 Å². The second-order valence-electron chi connectivity index (χ2n) is 3.33. The van der Waals surface area contributed by atoms with Crippen LogP contribution in [-0.4, -0.2) is 61.4 Å². The van der Waals surface area contributed by atoms with Crippen LogP contribution in [0.2, 0.25) is 0 Å². The number of nitrogens with one attached hydrogen (secondary N) is 1. The normalized spacial score (nSPS) is 17.9. The molecule has 1 aliphatic rings. The van der Waals surface area contributed by atoms with Gasteiger partial charge in [0.2, 0.25) is 11.8 Å². The minimum absolute atomic E-state index is 0.0432. The van der Waals surface area contributed by atoms with Gasteiger partial charge < -0.3 is 15.1 Å². The molecule has 0 bridgehead atoms. The molecular formula is C9H17N3O2. The van der Waals surface area contributed by atoms with E-state index in [4.69, 9.17) is 0 Å². The van der Waals surface area contributed by atoms with Crippen LogP contribution in [0, 0.1) is 0 Å². The zero-order valence-corrected chi connectivity index (χ0v) is 8.75. The van der Waals surface area contributed by atoms with Gasteiger partial charge in [0.25, 0.3) is 0 Å². The summed E-state index contributed by atoms with van der Waals surface area (Å²) in [7, 11) is 1.83. The van der Waals surface area contributed by atoms with Gasteiger partial charge in [-0.25, -0.2) is 0 Å². The first-order valence-corrected chi connectivity index (χ1v) is 4.89. The maximum atomic E-state index is 11.5. The van der Waals surface area contributed by atoms with Crippen LogP contribution in [0.4, 0.5) is 0 Å². The highest BCUT2D eigenvalue weighted by molar-refractivity contribution is 5.92. The van der Waals surface area contributed by atoms with E-state index < -0.39 is 0 Å². The molecule has 0 atom stereocenters. The van der Waals surface area contributed by atoms with Gasteiger partial charge in [-0.15, -0.1) is 0 Å². The van der Waals surface area contributed by atoms with E-state index in [0.717, 1.165) is 6.54 Å². The Morgan fingerprint density at radius 2 is 1.79 bits per heavy atom. The molecule has 0 spiro atoms. The lowest BCUT2D eigenvalue weighted by Crippen LogP contribution is -2.54. The summed E-state index contributed by atoms with van der Waals surface area (Å²) in [6.45, 7) is 4.30. The topological polar surface area (TPSA) is 52.7 Å². The molecule has 1 saturated heterocycles. The van der Waals surface area contributed by atoms with E-state index in [0.29, 0.717) is 13.1 Å². The first-order valence-electron chi connectivity index (χ1n) is 4.89. The Labute approximate surface area is 84.0 Å². The molecule has 1 fully saturated rings. The molecule has 1 N–H and O–H groups in total. The van der Waals surface area contributed by atoms with Crippen molar-refractivity contribution in [1.82, 2.24) is 15.1 Å². The summed E-state index contributed by atoms with van der Waals surface area (Å²) in [6, 6.07) is 0. The highest BCUT2D eigenvalue weighted by Gasteiger charge is 2.27. The summed E-state index contributed by atoms with van der Waals surface area (Å²) in [5.41, 5.74) is 0. The van der Waals surface area contributed by atoms with Crippen LogP contribution in [0.5, 0.6) is 0 Å². The fourth-order valence-electron chi connectivity index (χ4n) is 1.44. The number of amides is 2. The van der Waals surface area contributed by atoms with E-state index in [1.54, 1.807) is 9.80 Å². The van der Waals surface area contributed by atoms with Crippen LogP contribution < -0.4 is 5.32 Å². The largest absolute Gasteiger partial charge is 0.332 e. The molecule has 1 aliphatic heterocycles. The fourth-order valence-corrected chi connectivity index (χ4v) is 1.44. The van der Waals surface area contributed by atoms with E-state index in [-0.39, 0.29) is 24.9 Å². The summed E-state index contributed by atoms with van der Waals surface area (Å²) >= 11 is 0. The highest BCUT2D eigenvalue weighted by atomic mass is 16.2. The van der Waals surface area contributed by atoms with Gasteiger partial charge in [-0.05, 0) is 14.0 Å². The summed E-state index contributed by atoms with van der Waals surface area (Å²) in [5, 5.41) is 2.96. The van der Waals surface area contributed by atoms with Crippen molar-refractivity contribution in [2.45, 2.75) is 6.92 Å². The Balaban J connectivity index is 2.49. The summed E-state index contributed by atoms with van der Waals surface area (Å²) in [5.74, 6) is 0.0879. The molecule has 0 aromatic rings. The number of likely N-dealkylation sites (N-methyl/N-ethyl adjacent to an activating group) is 2. The van der Waals surface area contributed by atoms with Crippen LogP contribution in [-0.2, 0) is 9.59 Å². The van der Waals surface area contributed by atoms with Crippen molar-refractivity contribution in [3.8, 4) is 0 Å². The quantitative estimate of drug-likeness (QED) is 0.625. The minimum atomic E-state index is 0.0432. The fraction of sp³-hybridized carbons (Fsp3) is 0.778. The average Bonchev–Trinajstić information content (AvgIpc) is 2.18. The van der Waals surface area contributed by atoms with Gasteiger partial charge >= 0.3 is 0 Å². The first-order chi connectivity index (χ1) is 6.69. The first kappa shape index (κ1) is 11.0. The zero-order valence-electron chi connectivity index (χ0n) is 8.75. The van der Waals surface area contributed by atoms with Crippen molar-refractivity contribution in [3.05, 3.63) is 0 Å². The van der Waals surface area contributed by atoms with Crippen molar-refractivity contribution in [2.24, 2.45) is 0 Å². The van der Waals surface area contributed by atoms with Crippen molar-refractivity contribution >= 4 is 11.8 Å². The van der Waals surface area contributed by atoms with Crippen LogP contribution in [0.1, 0.15) is 6.92 Å². The van der Waals surface area contributed by atoms with Crippen LogP contribution in [0.25, 0.3) is 0 Å². The molecule has 0 radical (unpaired) electrons. The molecule has 0 unspecified atom stereocenters. The summed E-state index contributed by atoms with van der Waals surface area (Å²) in [6.07, 6.45) is 0. The number of nitrogens with zero attached hydrogens (tertiary/aromatic N) is 2. The molecule has 5 heteroatoms. The lowest BCUT2D eigenvalue weighted by Gasteiger charge is -2.33. The van der Waals surface area contributed by atoms with Crippen LogP contribution >= 0.6 is 0 Å². The van der Waals surface area contributed by atoms with Gasteiger partial charge in [-0.2, -0.15) is 0 Å². The molecule has 1 rings (SSSR count). The maximum absolute atomic E-state index is 11.5. The average molecular weight is 199 g/mol. The lowest BCUT2D eigenvalue weighted by molar-refractivity contribution is -0.149. The third kappa shape index (κ3) is 2.45. The van der Waals surface area contributed by atoms with Crippen molar-refractivity contribution in [3.63, 3.8) is 0 Å². The SMILES string of the molecule is CCN1CC(=O)N(CCNC)CC1=O. The molecule has 0 aromatic carbocycles. The molecule has 0 saturated carbocycles. The molecular weight excluding hydrogens is 182 g/mol. The zero-order chi connectivity index (χ0) is 10.6. The summed E-state index contributed by atoms with van der Waals surface area (Å²) in [4.78, 5) is 26.2. The minimum Gasteiger partial charge on any atom is -0.332 e. The molecule has 14 heavy (non-hydrogen) atoms. The Morgan fingerprint density at radius 1 is 1.21 bits per heavy atom. The van der Waals surface area contributed by atoms with E-state index >= 15 is 0 Å². The number of hydrogen-bond donors (Lipinski definition) is 1. The standard InChI is InChI=1S/C9H17N3O2/c1-3-11-6-9(14)12(5-4-10-2)7-8(11)13/h10H,3-7H2,1-2H3. The third-order valence-electron chi connectivity index (χ3n) is 2.37. The number of carbonyl (C=O) groups is 2. The lowest BCUT2D eigenvalue weighted by atomic mass is 10.3. The van der Waals surface area contributed by atoms with E-state index in [9.17, 15) is 9.59 Å². The predicted molar refractivity (Wildman–Crippen MR) is 52.8 cm³/mol. The molecule has 0 aromatic heterocycles. The Hall–Kier alpha value is -1.10. The predicted octanol–water partition coefficient (Wildman–Crippen LogP) is -1.10. The van der Waals surface area contributed by atoms with Gasteiger partial charge in [-0.1, -0.05) is 0 Å². The number of hydrogen-bond acceptors (Lipinski definition) is 3. The molecule has 0 aliphatic carbocycles. The Bertz CT molecular complexity index is 230. The van der Waals surface area contributed by atoms with Gasteiger partial charge in [0, 0.05) is 19.6 Å². The van der Waals surface area contributed by atoms with Gasteiger partial charge in [0.05, 0.1) is 13.1 Å². The van der Waals surface area contributed by atoms with Gasteiger partial charge in [0.1, 0.15) is 0 Å². The third-order valence-corrected chi connectivity index (χ3v) is 2.37. The van der Waals surface area contributed by atoms with Gasteiger partial charge in [-0.3, -0.25) is 9.59 Å². The highest BCUT2D eigenvalue weighted by Crippen LogP contribution is 2.03.